The first-order valence-corrected chi connectivity index (χ1v) is 4.87. The molecule has 1 N–H and O–H groups in total. The molecule has 1 saturated heterocycles. The summed E-state index contributed by atoms with van der Waals surface area (Å²) in [4.78, 5) is 12.1. The van der Waals surface area contributed by atoms with Gasteiger partial charge in [-0.2, -0.15) is 13.2 Å². The fourth-order valence-electron chi connectivity index (χ4n) is 1.64. The molecule has 0 amide bonds. The molecule has 88 valence electrons. The van der Waals surface area contributed by atoms with Gasteiger partial charge in [-0.05, 0) is 20.0 Å². The molecule has 0 aliphatic carbocycles. The lowest BCUT2D eigenvalue weighted by Crippen LogP contribution is -2.34. The van der Waals surface area contributed by atoms with Gasteiger partial charge >= 0.3 is 6.18 Å². The van der Waals surface area contributed by atoms with Crippen molar-refractivity contribution in [3.8, 4) is 0 Å². The molecular weight excluding hydrogens is 209 g/mol. The molecule has 6 heteroatoms. The van der Waals surface area contributed by atoms with Crippen LogP contribution in [0, 0.1) is 0 Å². The molecule has 0 aromatic heterocycles. The van der Waals surface area contributed by atoms with Crippen LogP contribution in [0.5, 0.6) is 0 Å². The summed E-state index contributed by atoms with van der Waals surface area (Å²) in [5.74, 6) is 0.137. The fourth-order valence-corrected chi connectivity index (χ4v) is 1.64. The van der Waals surface area contributed by atoms with Gasteiger partial charge in [-0.25, -0.2) is 0 Å². The normalized spacial score (nSPS) is 22.7. The Labute approximate surface area is 86.6 Å². The Kier molecular flexibility index (Phi) is 4.10. The molecule has 0 aromatic carbocycles. The van der Waals surface area contributed by atoms with Crippen LogP contribution in [0.25, 0.3) is 0 Å². The molecule has 0 aromatic rings. The zero-order valence-electron chi connectivity index (χ0n) is 8.60. The summed E-state index contributed by atoms with van der Waals surface area (Å²) in [6.45, 7) is -0.189. The first-order chi connectivity index (χ1) is 6.87. The molecule has 0 saturated carbocycles. The number of ketones is 1. The predicted octanol–water partition coefficient (Wildman–Crippen LogP) is 0.802. The monoisotopic (exact) mass is 224 g/mol. The van der Waals surface area contributed by atoms with Gasteiger partial charge in [0.15, 0.2) is 0 Å². The second-order valence-electron chi connectivity index (χ2n) is 3.96. The van der Waals surface area contributed by atoms with Crippen LogP contribution in [0.15, 0.2) is 0 Å². The summed E-state index contributed by atoms with van der Waals surface area (Å²) in [5, 5.41) is 2.97. The smallest absolute Gasteiger partial charge is 0.307 e. The minimum Gasteiger partial charge on any atom is -0.307 e. The highest BCUT2D eigenvalue weighted by Crippen LogP contribution is 2.16. The summed E-state index contributed by atoms with van der Waals surface area (Å²) in [7, 11) is 1.43. The highest BCUT2D eigenvalue weighted by Gasteiger charge is 2.29. The largest absolute Gasteiger partial charge is 0.401 e. The van der Waals surface area contributed by atoms with Crippen LogP contribution in [0.1, 0.15) is 12.8 Å². The highest BCUT2D eigenvalue weighted by atomic mass is 19.4. The molecule has 1 rings (SSSR count). The Morgan fingerprint density at radius 2 is 2.20 bits per heavy atom. The maximum Gasteiger partial charge on any atom is 0.401 e. The van der Waals surface area contributed by atoms with Gasteiger partial charge < -0.3 is 5.32 Å². The van der Waals surface area contributed by atoms with E-state index in [1.165, 1.54) is 11.9 Å². The molecule has 1 fully saturated rings. The second-order valence-corrected chi connectivity index (χ2v) is 3.96. The molecule has 3 nitrogen and oxygen atoms in total. The van der Waals surface area contributed by atoms with E-state index in [2.05, 4.69) is 5.32 Å². The second kappa shape index (κ2) is 4.94. The van der Waals surface area contributed by atoms with E-state index in [0.717, 1.165) is 0 Å². The van der Waals surface area contributed by atoms with E-state index in [-0.39, 0.29) is 11.8 Å². The molecule has 0 spiro atoms. The lowest BCUT2D eigenvalue weighted by atomic mass is 10.1. The van der Waals surface area contributed by atoms with Gasteiger partial charge in [-0.15, -0.1) is 0 Å². The third kappa shape index (κ3) is 5.13. The van der Waals surface area contributed by atoms with Crippen LogP contribution in [0.3, 0.4) is 0 Å². The molecular formula is C9H15F3N2O. The van der Waals surface area contributed by atoms with Crippen LogP contribution >= 0.6 is 0 Å². The molecule has 15 heavy (non-hydrogen) atoms. The third-order valence-electron chi connectivity index (χ3n) is 2.37. The van der Waals surface area contributed by atoms with E-state index in [1.807, 2.05) is 0 Å². The molecule has 1 atom stereocenters. The number of alkyl halides is 3. The fraction of sp³-hybridized carbons (Fsp3) is 0.889. The Hall–Kier alpha value is -0.620. The molecule has 0 radical (unpaired) electrons. The number of nitrogens with one attached hydrogen (secondary N) is 1. The van der Waals surface area contributed by atoms with E-state index in [4.69, 9.17) is 0 Å². The summed E-state index contributed by atoms with van der Waals surface area (Å²) in [5.41, 5.74) is 0. The molecule has 1 aliphatic rings. The molecule has 0 bridgehead atoms. The number of halogens is 3. The van der Waals surface area contributed by atoms with Crippen LogP contribution in [0.4, 0.5) is 13.2 Å². The van der Waals surface area contributed by atoms with Crippen molar-refractivity contribution < 1.29 is 18.0 Å². The Balaban J connectivity index is 2.17. The van der Waals surface area contributed by atoms with Gasteiger partial charge in [-0.1, -0.05) is 0 Å². The minimum atomic E-state index is -4.15. The number of nitrogens with zero attached hydrogens (tertiary/aromatic N) is 1. The lowest BCUT2D eigenvalue weighted by molar-refractivity contribution is -0.143. The number of Topliss-reactive ketones (excluding diaryl/α,β-unsaturated/α-hetero) is 1. The number of carbonyl (C=O) groups is 1. The average molecular weight is 224 g/mol. The third-order valence-corrected chi connectivity index (χ3v) is 2.37. The predicted molar refractivity (Wildman–Crippen MR) is 49.6 cm³/mol. The number of rotatable bonds is 4. The topological polar surface area (TPSA) is 32.3 Å². The van der Waals surface area contributed by atoms with Crippen molar-refractivity contribution in [3.63, 3.8) is 0 Å². The van der Waals surface area contributed by atoms with Crippen molar-refractivity contribution in [1.29, 1.82) is 0 Å². The van der Waals surface area contributed by atoms with Crippen molar-refractivity contribution in [2.24, 2.45) is 0 Å². The van der Waals surface area contributed by atoms with Gasteiger partial charge in [0, 0.05) is 12.5 Å². The SMILES string of the molecule is CN(CCC1CC(=O)CN1)CC(F)(F)F. The standard InChI is InChI=1S/C9H15F3N2O/c1-14(6-9(10,11)12)3-2-7-4-8(15)5-13-7/h7,13H,2-6H2,1H3. The van der Waals surface area contributed by atoms with Gasteiger partial charge in [0.2, 0.25) is 0 Å². The molecule has 1 heterocycles. The van der Waals surface area contributed by atoms with Crippen molar-refractivity contribution in [1.82, 2.24) is 10.2 Å². The van der Waals surface area contributed by atoms with E-state index in [1.54, 1.807) is 0 Å². The van der Waals surface area contributed by atoms with Crippen LogP contribution in [-0.4, -0.2) is 49.6 Å². The molecule has 1 unspecified atom stereocenters. The van der Waals surface area contributed by atoms with Gasteiger partial charge in [0.05, 0.1) is 13.1 Å². The number of hydrogen-bond acceptors (Lipinski definition) is 3. The van der Waals surface area contributed by atoms with Gasteiger partial charge in [0.1, 0.15) is 5.78 Å². The minimum absolute atomic E-state index is 0.0492. The van der Waals surface area contributed by atoms with Crippen LogP contribution in [0.2, 0.25) is 0 Å². The van der Waals surface area contributed by atoms with Crippen molar-refractivity contribution in [3.05, 3.63) is 0 Å². The maximum atomic E-state index is 12.0. The Morgan fingerprint density at radius 1 is 1.53 bits per heavy atom. The van der Waals surface area contributed by atoms with Crippen LogP contribution in [-0.2, 0) is 4.79 Å². The van der Waals surface area contributed by atoms with E-state index < -0.39 is 12.7 Å². The molecule has 1 aliphatic heterocycles. The zero-order chi connectivity index (χ0) is 11.5. The van der Waals surface area contributed by atoms with Crippen molar-refractivity contribution >= 4 is 5.78 Å². The summed E-state index contributed by atoms with van der Waals surface area (Å²) >= 11 is 0. The zero-order valence-corrected chi connectivity index (χ0v) is 8.60. The maximum absolute atomic E-state index is 12.0. The van der Waals surface area contributed by atoms with Crippen LogP contribution < -0.4 is 5.32 Å². The van der Waals surface area contributed by atoms with E-state index in [0.29, 0.717) is 25.9 Å². The first kappa shape index (κ1) is 12.4. The number of carbonyl (C=O) groups excluding carboxylic acids is 1. The highest BCUT2D eigenvalue weighted by molar-refractivity contribution is 5.83. The van der Waals surface area contributed by atoms with E-state index >= 15 is 0 Å². The van der Waals surface area contributed by atoms with Crippen molar-refractivity contribution in [2.45, 2.75) is 25.1 Å². The number of hydrogen-bond donors (Lipinski definition) is 1. The van der Waals surface area contributed by atoms with Gasteiger partial charge in [0.25, 0.3) is 0 Å². The van der Waals surface area contributed by atoms with Gasteiger partial charge in [-0.3, -0.25) is 9.69 Å². The summed E-state index contributed by atoms with van der Waals surface area (Å²) in [6.07, 6.45) is -3.12. The van der Waals surface area contributed by atoms with E-state index in [9.17, 15) is 18.0 Å². The Morgan fingerprint density at radius 3 is 2.67 bits per heavy atom. The quantitative estimate of drug-likeness (QED) is 0.766. The Bertz CT molecular complexity index is 230. The first-order valence-electron chi connectivity index (χ1n) is 4.87. The lowest BCUT2D eigenvalue weighted by Gasteiger charge is -2.20. The summed E-state index contributed by atoms with van der Waals surface area (Å²) in [6, 6.07) is 0.0492. The average Bonchev–Trinajstić information content (AvgIpc) is 2.45. The van der Waals surface area contributed by atoms with Crippen molar-refractivity contribution in [2.75, 3.05) is 26.7 Å². The summed E-state index contributed by atoms with van der Waals surface area (Å²) < 4.78 is 35.9.